The number of aromatic nitrogens is 2. The molecule has 0 radical (unpaired) electrons. The molecular formula is C14H22N4S. The lowest BCUT2D eigenvalue weighted by molar-refractivity contribution is 0.335. The highest BCUT2D eigenvalue weighted by molar-refractivity contribution is 8.14. The number of aryl methyl sites for hydroxylation is 2. The van der Waals surface area contributed by atoms with E-state index in [0.29, 0.717) is 0 Å². The predicted octanol–water partition coefficient (Wildman–Crippen LogP) is 3.20. The van der Waals surface area contributed by atoms with Gasteiger partial charge in [-0.3, -0.25) is 9.67 Å². The Morgan fingerprint density at radius 1 is 1.37 bits per heavy atom. The maximum atomic E-state index is 4.99. The van der Waals surface area contributed by atoms with Gasteiger partial charge in [-0.05, 0) is 19.3 Å². The average Bonchev–Trinajstić information content (AvgIpc) is 2.95. The number of rotatable bonds is 2. The minimum absolute atomic E-state index is 0.236. The first-order valence-electron chi connectivity index (χ1n) is 7.23. The number of anilines is 1. The quantitative estimate of drug-likeness (QED) is 0.903. The average molecular weight is 278 g/mol. The summed E-state index contributed by atoms with van der Waals surface area (Å²) in [5.41, 5.74) is 2.47. The first-order chi connectivity index (χ1) is 9.21. The highest BCUT2D eigenvalue weighted by atomic mass is 32.2. The number of nitrogens with one attached hydrogen (secondary N) is 1. The minimum atomic E-state index is 0.236. The van der Waals surface area contributed by atoms with Gasteiger partial charge in [0, 0.05) is 19.0 Å². The van der Waals surface area contributed by atoms with Crippen LogP contribution in [0.25, 0.3) is 0 Å². The van der Waals surface area contributed by atoms with E-state index in [1.165, 1.54) is 32.1 Å². The van der Waals surface area contributed by atoms with Crippen LogP contribution in [0.2, 0.25) is 0 Å². The summed E-state index contributed by atoms with van der Waals surface area (Å²) in [4.78, 5) is 4.99. The molecule has 1 aromatic rings. The molecule has 1 spiro atoms. The SMILES string of the molecule is CCc1nn(C)cc1NC1=NC2(CCCCC2)CS1. The van der Waals surface area contributed by atoms with Gasteiger partial charge in [0.1, 0.15) is 0 Å². The maximum Gasteiger partial charge on any atom is 0.161 e. The van der Waals surface area contributed by atoms with Crippen molar-refractivity contribution < 1.29 is 0 Å². The normalized spacial score (nSPS) is 21.7. The van der Waals surface area contributed by atoms with Crippen molar-refractivity contribution in [2.75, 3.05) is 11.1 Å². The van der Waals surface area contributed by atoms with Crippen molar-refractivity contribution in [2.45, 2.75) is 51.0 Å². The number of hydrogen-bond donors (Lipinski definition) is 1. The van der Waals surface area contributed by atoms with Crippen LogP contribution in [0, 0.1) is 0 Å². The monoisotopic (exact) mass is 278 g/mol. The van der Waals surface area contributed by atoms with E-state index in [9.17, 15) is 0 Å². The number of amidine groups is 1. The molecule has 1 aliphatic carbocycles. The zero-order chi connectivity index (χ0) is 13.3. The van der Waals surface area contributed by atoms with Gasteiger partial charge in [-0.15, -0.1) is 0 Å². The maximum absolute atomic E-state index is 4.99. The Kier molecular flexibility index (Phi) is 3.56. The van der Waals surface area contributed by atoms with E-state index in [1.807, 2.05) is 29.7 Å². The Labute approximate surface area is 119 Å². The Morgan fingerprint density at radius 2 is 2.16 bits per heavy atom. The van der Waals surface area contributed by atoms with Crippen molar-refractivity contribution in [1.29, 1.82) is 0 Å². The number of thioether (sulfide) groups is 1. The number of nitrogens with zero attached hydrogens (tertiary/aromatic N) is 3. The Balaban J connectivity index is 1.75. The summed E-state index contributed by atoms with van der Waals surface area (Å²) in [6.07, 6.45) is 9.58. The molecule has 19 heavy (non-hydrogen) atoms. The Morgan fingerprint density at radius 3 is 2.89 bits per heavy atom. The molecule has 3 rings (SSSR count). The summed E-state index contributed by atoms with van der Waals surface area (Å²) in [6.45, 7) is 2.14. The summed E-state index contributed by atoms with van der Waals surface area (Å²) in [5.74, 6) is 1.15. The van der Waals surface area contributed by atoms with Gasteiger partial charge >= 0.3 is 0 Å². The van der Waals surface area contributed by atoms with Crippen molar-refractivity contribution in [2.24, 2.45) is 12.0 Å². The summed E-state index contributed by atoms with van der Waals surface area (Å²) in [7, 11) is 1.97. The highest BCUT2D eigenvalue weighted by Gasteiger charge is 2.36. The van der Waals surface area contributed by atoms with Crippen LogP contribution in [0.5, 0.6) is 0 Å². The van der Waals surface area contributed by atoms with Crippen LogP contribution >= 0.6 is 11.8 Å². The molecule has 1 saturated carbocycles. The van der Waals surface area contributed by atoms with Crippen molar-refractivity contribution >= 4 is 22.6 Å². The van der Waals surface area contributed by atoms with Crippen LogP contribution in [-0.2, 0) is 13.5 Å². The molecule has 0 amide bonds. The van der Waals surface area contributed by atoms with Gasteiger partial charge in [0.15, 0.2) is 5.17 Å². The lowest BCUT2D eigenvalue weighted by atomic mass is 9.84. The van der Waals surface area contributed by atoms with Gasteiger partial charge in [-0.1, -0.05) is 37.9 Å². The molecular weight excluding hydrogens is 256 g/mol. The topological polar surface area (TPSA) is 42.2 Å². The van der Waals surface area contributed by atoms with Gasteiger partial charge in [0.2, 0.25) is 0 Å². The predicted molar refractivity (Wildman–Crippen MR) is 81.9 cm³/mol. The third kappa shape index (κ3) is 2.66. The summed E-state index contributed by atoms with van der Waals surface area (Å²) < 4.78 is 1.87. The Bertz CT molecular complexity index is 486. The van der Waals surface area contributed by atoms with Crippen LogP contribution in [0.4, 0.5) is 5.69 Å². The lowest BCUT2D eigenvalue weighted by Crippen LogP contribution is -2.29. The van der Waals surface area contributed by atoms with Gasteiger partial charge in [-0.2, -0.15) is 5.10 Å². The van der Waals surface area contributed by atoms with Crippen LogP contribution in [0.1, 0.15) is 44.7 Å². The fraction of sp³-hybridized carbons (Fsp3) is 0.714. The van der Waals surface area contributed by atoms with Crippen molar-refractivity contribution in [3.05, 3.63) is 11.9 Å². The molecule has 2 heterocycles. The fourth-order valence-electron chi connectivity index (χ4n) is 3.03. The van der Waals surface area contributed by atoms with E-state index >= 15 is 0 Å². The standard InChI is InChI=1S/C14H22N4S/c1-3-11-12(9-18(2)17-11)15-13-16-14(10-19-13)7-5-4-6-8-14/h9H,3-8,10H2,1-2H3,(H,15,16). The molecule has 1 N–H and O–H groups in total. The molecule has 0 unspecified atom stereocenters. The molecule has 0 bridgehead atoms. The molecule has 104 valence electrons. The molecule has 1 fully saturated rings. The summed E-state index contributed by atoms with van der Waals surface area (Å²) >= 11 is 1.87. The smallest absolute Gasteiger partial charge is 0.161 e. The number of aliphatic imine (C=N–C) groups is 1. The van der Waals surface area contributed by atoms with E-state index < -0.39 is 0 Å². The summed E-state index contributed by atoms with van der Waals surface area (Å²) in [6, 6.07) is 0. The minimum Gasteiger partial charge on any atom is -0.332 e. The molecule has 1 aromatic heterocycles. The van der Waals surface area contributed by atoms with Crippen LogP contribution in [0.3, 0.4) is 0 Å². The van der Waals surface area contributed by atoms with Crippen molar-refractivity contribution in [1.82, 2.24) is 9.78 Å². The second-order valence-corrected chi connectivity index (χ2v) is 6.60. The highest BCUT2D eigenvalue weighted by Crippen LogP contribution is 2.40. The molecule has 2 aliphatic rings. The second kappa shape index (κ2) is 5.19. The van der Waals surface area contributed by atoms with Crippen molar-refractivity contribution in [3.63, 3.8) is 0 Å². The number of hydrogen-bond acceptors (Lipinski definition) is 4. The molecule has 4 nitrogen and oxygen atoms in total. The van der Waals surface area contributed by atoms with E-state index in [4.69, 9.17) is 4.99 Å². The van der Waals surface area contributed by atoms with Gasteiger partial charge < -0.3 is 5.32 Å². The van der Waals surface area contributed by atoms with Crippen LogP contribution in [0.15, 0.2) is 11.2 Å². The molecule has 0 saturated heterocycles. The van der Waals surface area contributed by atoms with Gasteiger partial charge in [0.05, 0.1) is 16.9 Å². The second-order valence-electron chi connectivity index (χ2n) is 5.63. The molecule has 0 aromatic carbocycles. The van der Waals surface area contributed by atoms with Gasteiger partial charge in [-0.25, -0.2) is 0 Å². The van der Waals surface area contributed by atoms with E-state index in [0.717, 1.165) is 28.7 Å². The van der Waals surface area contributed by atoms with E-state index in [1.54, 1.807) is 0 Å². The largest absolute Gasteiger partial charge is 0.332 e. The third-order valence-corrected chi connectivity index (χ3v) is 5.23. The van der Waals surface area contributed by atoms with E-state index in [-0.39, 0.29) is 5.54 Å². The first kappa shape index (κ1) is 13.0. The van der Waals surface area contributed by atoms with Gasteiger partial charge in [0.25, 0.3) is 0 Å². The van der Waals surface area contributed by atoms with Crippen LogP contribution < -0.4 is 5.32 Å². The fourth-order valence-corrected chi connectivity index (χ4v) is 4.23. The lowest BCUT2D eigenvalue weighted by Gasteiger charge is -2.29. The Hall–Kier alpha value is -0.970. The molecule has 5 heteroatoms. The van der Waals surface area contributed by atoms with Crippen molar-refractivity contribution in [3.8, 4) is 0 Å². The van der Waals surface area contributed by atoms with Crippen LogP contribution in [-0.4, -0.2) is 26.2 Å². The third-order valence-electron chi connectivity index (χ3n) is 4.08. The van der Waals surface area contributed by atoms with E-state index in [2.05, 4.69) is 17.3 Å². The zero-order valence-electron chi connectivity index (χ0n) is 11.8. The first-order valence-corrected chi connectivity index (χ1v) is 8.21. The molecule has 0 atom stereocenters. The summed E-state index contributed by atoms with van der Waals surface area (Å²) in [5, 5.41) is 9.04. The zero-order valence-corrected chi connectivity index (χ0v) is 12.6. The molecule has 1 aliphatic heterocycles.